The Hall–Kier alpha value is -1.45. The van der Waals surface area contributed by atoms with E-state index >= 15 is 0 Å². The molecule has 2 atom stereocenters. The maximum absolute atomic E-state index is 13.5. The van der Waals surface area contributed by atoms with E-state index in [4.69, 9.17) is 16.9 Å². The number of nitriles is 1. The normalized spacial score (nSPS) is 26.7. The standard InChI is InChI=1S/C12H14ClFN4O/c13-11-16-7-9(14)10(18-11)17-8-2-1-3-12(19,6-8)4-5-15/h7-8,19H,1-4,6H2,(H,16,17,18)/t8-,12?/m0/s1. The van der Waals surface area contributed by atoms with E-state index in [9.17, 15) is 9.50 Å². The van der Waals surface area contributed by atoms with E-state index in [-0.39, 0.29) is 23.6 Å². The molecule has 0 radical (unpaired) electrons. The maximum atomic E-state index is 13.5. The van der Waals surface area contributed by atoms with Crippen LogP contribution in [0.2, 0.25) is 5.28 Å². The largest absolute Gasteiger partial charge is 0.389 e. The lowest BCUT2D eigenvalue weighted by atomic mass is 9.80. The molecule has 0 spiro atoms. The van der Waals surface area contributed by atoms with Crippen LogP contribution in [0.15, 0.2) is 6.20 Å². The minimum atomic E-state index is -1.00. The molecule has 0 saturated heterocycles. The average molecular weight is 285 g/mol. The van der Waals surface area contributed by atoms with E-state index in [1.165, 1.54) is 0 Å². The van der Waals surface area contributed by atoms with Crippen molar-refractivity contribution < 1.29 is 9.50 Å². The van der Waals surface area contributed by atoms with Gasteiger partial charge in [0.2, 0.25) is 5.28 Å². The SMILES string of the molecule is N#CCC1(O)CCC[C@H](Nc2nc(Cl)ncc2F)C1. The first-order valence-corrected chi connectivity index (χ1v) is 6.44. The van der Waals surface area contributed by atoms with Crippen LogP contribution in [-0.2, 0) is 0 Å². The summed E-state index contributed by atoms with van der Waals surface area (Å²) in [7, 11) is 0. The summed E-state index contributed by atoms with van der Waals surface area (Å²) in [5.74, 6) is -0.551. The highest BCUT2D eigenvalue weighted by Crippen LogP contribution is 2.32. The second-order valence-electron chi connectivity index (χ2n) is 4.83. The van der Waals surface area contributed by atoms with E-state index in [2.05, 4.69) is 15.3 Å². The number of anilines is 1. The molecular formula is C12H14ClFN4O. The van der Waals surface area contributed by atoms with Crippen molar-refractivity contribution in [1.82, 2.24) is 9.97 Å². The number of rotatable bonds is 3. The highest BCUT2D eigenvalue weighted by molar-refractivity contribution is 6.28. The van der Waals surface area contributed by atoms with Crippen LogP contribution in [0.25, 0.3) is 0 Å². The third kappa shape index (κ3) is 3.52. The van der Waals surface area contributed by atoms with Gasteiger partial charge in [0.15, 0.2) is 11.6 Å². The molecule has 0 aromatic carbocycles. The molecule has 1 fully saturated rings. The molecule has 1 saturated carbocycles. The van der Waals surface area contributed by atoms with Crippen LogP contribution < -0.4 is 5.32 Å². The number of nitrogens with one attached hydrogen (secondary N) is 1. The van der Waals surface area contributed by atoms with Crippen LogP contribution in [0.4, 0.5) is 10.2 Å². The van der Waals surface area contributed by atoms with Crippen molar-refractivity contribution in [3.8, 4) is 6.07 Å². The smallest absolute Gasteiger partial charge is 0.224 e. The molecule has 1 aliphatic rings. The predicted molar refractivity (Wildman–Crippen MR) is 68.1 cm³/mol. The summed E-state index contributed by atoms with van der Waals surface area (Å²) in [5.41, 5.74) is -1.00. The highest BCUT2D eigenvalue weighted by atomic mass is 35.5. The van der Waals surface area contributed by atoms with E-state index in [1.807, 2.05) is 6.07 Å². The molecule has 1 aromatic heterocycles. The van der Waals surface area contributed by atoms with Crippen molar-refractivity contribution in [2.45, 2.75) is 43.7 Å². The molecule has 1 aliphatic carbocycles. The first-order valence-electron chi connectivity index (χ1n) is 6.06. The Bertz CT molecular complexity index is 507. The summed E-state index contributed by atoms with van der Waals surface area (Å²) in [5, 5.41) is 21.8. The molecule has 2 rings (SSSR count). The lowest BCUT2D eigenvalue weighted by Crippen LogP contribution is -2.40. The van der Waals surface area contributed by atoms with Crippen LogP contribution in [0, 0.1) is 17.1 Å². The summed E-state index contributed by atoms with van der Waals surface area (Å²) in [6.45, 7) is 0. The van der Waals surface area contributed by atoms with Crippen LogP contribution in [-0.4, -0.2) is 26.7 Å². The van der Waals surface area contributed by atoms with E-state index in [0.717, 1.165) is 19.0 Å². The molecule has 19 heavy (non-hydrogen) atoms. The zero-order valence-electron chi connectivity index (χ0n) is 10.2. The van der Waals surface area contributed by atoms with Crippen LogP contribution >= 0.6 is 11.6 Å². The van der Waals surface area contributed by atoms with Gasteiger partial charge in [-0.3, -0.25) is 0 Å². The fraction of sp³-hybridized carbons (Fsp3) is 0.583. The molecule has 0 amide bonds. The number of aromatic nitrogens is 2. The molecule has 7 heteroatoms. The Morgan fingerprint density at radius 3 is 3.21 bits per heavy atom. The number of nitrogens with zero attached hydrogens (tertiary/aromatic N) is 3. The molecule has 1 aromatic rings. The van der Waals surface area contributed by atoms with Crippen molar-refractivity contribution in [1.29, 1.82) is 5.26 Å². The van der Waals surface area contributed by atoms with Gasteiger partial charge in [0.1, 0.15) is 0 Å². The fourth-order valence-corrected chi connectivity index (χ4v) is 2.54. The van der Waals surface area contributed by atoms with Gasteiger partial charge in [-0.1, -0.05) is 0 Å². The zero-order valence-corrected chi connectivity index (χ0v) is 11.0. The Labute approximate surface area is 115 Å². The third-order valence-electron chi connectivity index (χ3n) is 3.28. The van der Waals surface area contributed by atoms with Gasteiger partial charge in [0, 0.05) is 6.04 Å². The van der Waals surface area contributed by atoms with Crippen molar-refractivity contribution in [3.63, 3.8) is 0 Å². The Morgan fingerprint density at radius 2 is 2.47 bits per heavy atom. The molecule has 102 valence electrons. The average Bonchev–Trinajstić information content (AvgIpc) is 2.34. The first-order chi connectivity index (χ1) is 9.02. The lowest BCUT2D eigenvalue weighted by Gasteiger charge is -2.35. The zero-order chi connectivity index (χ0) is 13.9. The molecule has 1 unspecified atom stereocenters. The van der Waals surface area contributed by atoms with Gasteiger partial charge in [-0.15, -0.1) is 0 Å². The van der Waals surface area contributed by atoms with Gasteiger partial charge in [-0.2, -0.15) is 10.2 Å². The van der Waals surface area contributed by atoms with Gasteiger partial charge in [0.25, 0.3) is 0 Å². The highest BCUT2D eigenvalue weighted by Gasteiger charge is 2.34. The summed E-state index contributed by atoms with van der Waals surface area (Å²) in [6.07, 6.45) is 3.62. The predicted octanol–water partition coefficient (Wildman–Crippen LogP) is 2.27. The fourth-order valence-electron chi connectivity index (χ4n) is 2.41. The summed E-state index contributed by atoms with van der Waals surface area (Å²) in [6, 6.07) is 1.85. The van der Waals surface area contributed by atoms with Crippen LogP contribution in [0.5, 0.6) is 0 Å². The monoisotopic (exact) mass is 284 g/mol. The molecule has 2 N–H and O–H groups in total. The van der Waals surface area contributed by atoms with Crippen molar-refractivity contribution in [2.24, 2.45) is 0 Å². The maximum Gasteiger partial charge on any atom is 0.224 e. The quantitative estimate of drug-likeness (QED) is 0.832. The number of halogens is 2. The molecule has 0 bridgehead atoms. The van der Waals surface area contributed by atoms with E-state index < -0.39 is 11.4 Å². The van der Waals surface area contributed by atoms with Crippen molar-refractivity contribution >= 4 is 17.4 Å². The van der Waals surface area contributed by atoms with Gasteiger partial charge >= 0.3 is 0 Å². The number of hydrogen-bond donors (Lipinski definition) is 2. The van der Waals surface area contributed by atoms with Crippen LogP contribution in [0.3, 0.4) is 0 Å². The number of aliphatic hydroxyl groups is 1. The van der Waals surface area contributed by atoms with Crippen molar-refractivity contribution in [2.75, 3.05) is 5.32 Å². The van der Waals surface area contributed by atoms with Gasteiger partial charge in [-0.05, 0) is 37.3 Å². The minimum absolute atomic E-state index is 0.0335. The topological polar surface area (TPSA) is 81.8 Å². The van der Waals surface area contributed by atoms with Gasteiger partial charge in [0.05, 0.1) is 24.3 Å². The van der Waals surface area contributed by atoms with Crippen molar-refractivity contribution in [3.05, 3.63) is 17.3 Å². The summed E-state index contributed by atoms with van der Waals surface area (Å²) >= 11 is 5.62. The Balaban J connectivity index is 2.07. The van der Waals surface area contributed by atoms with Gasteiger partial charge < -0.3 is 10.4 Å². The molecular weight excluding hydrogens is 271 g/mol. The summed E-state index contributed by atoms with van der Waals surface area (Å²) in [4.78, 5) is 7.32. The molecule has 1 heterocycles. The van der Waals surface area contributed by atoms with E-state index in [0.29, 0.717) is 12.8 Å². The second-order valence-corrected chi connectivity index (χ2v) is 5.17. The second kappa shape index (κ2) is 5.68. The third-order valence-corrected chi connectivity index (χ3v) is 3.47. The Morgan fingerprint density at radius 1 is 1.68 bits per heavy atom. The van der Waals surface area contributed by atoms with E-state index in [1.54, 1.807) is 0 Å². The van der Waals surface area contributed by atoms with Crippen LogP contribution in [0.1, 0.15) is 32.1 Å². The summed E-state index contributed by atoms with van der Waals surface area (Å²) < 4.78 is 13.5. The molecule has 5 nitrogen and oxygen atoms in total. The first kappa shape index (κ1) is 14.0. The van der Waals surface area contributed by atoms with Gasteiger partial charge in [-0.25, -0.2) is 9.37 Å². The minimum Gasteiger partial charge on any atom is -0.389 e. The lowest BCUT2D eigenvalue weighted by molar-refractivity contribution is 0.00444. The number of hydrogen-bond acceptors (Lipinski definition) is 5. The molecule has 0 aliphatic heterocycles. The Kier molecular flexibility index (Phi) is 4.17.